The molecule has 0 aliphatic heterocycles. The van der Waals surface area contributed by atoms with E-state index in [9.17, 15) is 0 Å². The van der Waals surface area contributed by atoms with Gasteiger partial charge in [0.2, 0.25) is 58.6 Å². The molecule has 0 N–H and O–H groups in total. The third-order valence-corrected chi connectivity index (χ3v) is 17.8. The van der Waals surface area contributed by atoms with E-state index in [2.05, 4.69) is 36.4 Å². The van der Waals surface area contributed by atoms with Crippen LogP contribution in [-0.2, 0) is 24.7 Å². The molecule has 2 aromatic rings. The molecule has 0 saturated heterocycles. The average Bonchev–Trinajstić information content (AvgIpc) is 2.84. The van der Waals surface area contributed by atoms with Crippen molar-refractivity contribution >= 4 is 98.7 Å². The fourth-order valence-corrected chi connectivity index (χ4v) is 17.0. The molecule has 0 bridgehead atoms. The van der Waals surface area contributed by atoms with Gasteiger partial charge in [0, 0.05) is 10.4 Å². The van der Waals surface area contributed by atoms with E-state index in [0.29, 0.717) is 58.6 Å². The second kappa shape index (κ2) is 15.7. The molecular formula is C20H28O6Si8. The molecule has 0 saturated carbocycles. The topological polar surface area (TPSA) is 55.4 Å². The summed E-state index contributed by atoms with van der Waals surface area (Å²) in [6.45, 7) is 12.0. The van der Waals surface area contributed by atoms with E-state index >= 15 is 0 Å². The standard InChI is InChI=1S/C20H28O6Si8/c1-27-21-33(22-28-2,23-29-3)19-11-7-9-17(15-19)13-14-18-10-8-12-20(16-18)34(24-30-4,25-31-5)26-32-6/h7-16H,1-6H3/b14-13+. The maximum Gasteiger partial charge on any atom is 0.505 e. The highest BCUT2D eigenvalue weighted by atomic mass is 28.5. The van der Waals surface area contributed by atoms with Crippen LogP contribution >= 0.6 is 0 Å². The van der Waals surface area contributed by atoms with Crippen molar-refractivity contribution < 1.29 is 24.7 Å². The summed E-state index contributed by atoms with van der Waals surface area (Å²) in [4.78, 5) is 0. The Labute approximate surface area is 221 Å². The largest absolute Gasteiger partial charge is 0.505 e. The van der Waals surface area contributed by atoms with Gasteiger partial charge in [-0.3, -0.25) is 0 Å². The van der Waals surface area contributed by atoms with Crippen molar-refractivity contribution in [2.45, 2.75) is 39.3 Å². The van der Waals surface area contributed by atoms with Gasteiger partial charge in [-0.05, 0) is 62.5 Å². The molecule has 14 heteroatoms. The minimum Gasteiger partial charge on any atom is -0.413 e. The van der Waals surface area contributed by atoms with Crippen molar-refractivity contribution in [2.24, 2.45) is 0 Å². The Morgan fingerprint density at radius 1 is 0.500 bits per heavy atom. The zero-order valence-corrected chi connectivity index (χ0v) is 28.2. The van der Waals surface area contributed by atoms with E-state index in [4.69, 9.17) is 24.7 Å². The second-order valence-electron chi connectivity index (χ2n) is 6.53. The first-order chi connectivity index (χ1) is 16.5. The molecule has 0 heterocycles. The molecule has 0 fully saturated rings. The maximum absolute atomic E-state index is 6.11. The van der Waals surface area contributed by atoms with Crippen LogP contribution in [-0.4, -0.2) is 76.2 Å². The Morgan fingerprint density at radius 3 is 1.06 bits per heavy atom. The van der Waals surface area contributed by atoms with Crippen LogP contribution < -0.4 is 10.4 Å². The van der Waals surface area contributed by atoms with E-state index in [-0.39, 0.29) is 0 Å². The second-order valence-corrected chi connectivity index (χ2v) is 17.3. The number of hydrogen-bond donors (Lipinski definition) is 0. The fraction of sp³-hybridized carbons (Fsp3) is 0.300. The Kier molecular flexibility index (Phi) is 13.8. The third-order valence-electron chi connectivity index (χ3n) is 4.37. The van der Waals surface area contributed by atoms with Crippen LogP contribution in [0.1, 0.15) is 11.1 Å². The zero-order valence-electron chi connectivity index (χ0n) is 20.2. The Bertz CT molecular complexity index is 797. The minimum absolute atomic E-state index is 0.294. The Balaban J connectivity index is 2.37. The molecule has 12 radical (unpaired) electrons. The van der Waals surface area contributed by atoms with Crippen molar-refractivity contribution in [3.63, 3.8) is 0 Å². The van der Waals surface area contributed by atoms with Crippen molar-refractivity contribution in [1.29, 1.82) is 0 Å². The van der Waals surface area contributed by atoms with Crippen LogP contribution in [0.3, 0.4) is 0 Å². The van der Waals surface area contributed by atoms with Crippen molar-refractivity contribution in [2.75, 3.05) is 0 Å². The molecule has 0 aromatic heterocycles. The quantitative estimate of drug-likeness (QED) is 0.222. The van der Waals surface area contributed by atoms with Gasteiger partial charge in [0.1, 0.15) is 0 Å². The molecule has 0 spiro atoms. The summed E-state index contributed by atoms with van der Waals surface area (Å²) in [5.74, 6) is 0. The maximum atomic E-state index is 6.11. The third kappa shape index (κ3) is 8.10. The van der Waals surface area contributed by atoms with E-state index in [1.165, 1.54) is 0 Å². The fourth-order valence-electron chi connectivity index (χ4n) is 3.14. The van der Waals surface area contributed by atoms with Crippen LogP contribution in [0.2, 0.25) is 39.3 Å². The van der Waals surface area contributed by atoms with Gasteiger partial charge in [-0.1, -0.05) is 48.6 Å². The van der Waals surface area contributed by atoms with Crippen molar-refractivity contribution in [1.82, 2.24) is 0 Å². The summed E-state index contributed by atoms with van der Waals surface area (Å²) in [7, 11) is -4.06. The van der Waals surface area contributed by atoms with E-state index < -0.39 is 17.6 Å². The predicted molar refractivity (Wildman–Crippen MR) is 149 cm³/mol. The molecule has 34 heavy (non-hydrogen) atoms. The highest BCUT2D eigenvalue weighted by molar-refractivity contribution is 6.84. The van der Waals surface area contributed by atoms with Gasteiger partial charge in [-0.15, -0.1) is 0 Å². The van der Waals surface area contributed by atoms with Gasteiger partial charge in [-0.25, -0.2) is 0 Å². The molecule has 6 nitrogen and oxygen atoms in total. The van der Waals surface area contributed by atoms with Gasteiger partial charge in [-0.2, -0.15) is 0 Å². The highest BCUT2D eigenvalue weighted by Crippen LogP contribution is 2.15. The first-order valence-electron chi connectivity index (χ1n) is 10.5. The lowest BCUT2D eigenvalue weighted by molar-refractivity contribution is 0.304. The molecule has 2 aromatic carbocycles. The Hall–Kier alpha value is -0.325. The summed E-state index contributed by atoms with van der Waals surface area (Å²) < 4.78 is 36.7. The SMILES string of the molecule is C[Si]O[Si](O[Si]C)(O[Si]C)c1cccc(/C=C/c2cccc([Si](O[Si]C)(O[Si]C)O[Si]C)c2)c1. The van der Waals surface area contributed by atoms with Crippen LogP contribution in [0, 0.1) is 0 Å². The number of benzene rings is 2. The minimum atomic E-state index is -2.91. The van der Waals surface area contributed by atoms with Crippen LogP contribution in [0.4, 0.5) is 0 Å². The lowest BCUT2D eigenvalue weighted by Gasteiger charge is -2.29. The molecule has 0 aliphatic rings. The summed E-state index contributed by atoms with van der Waals surface area (Å²) in [5.41, 5.74) is 2.11. The van der Waals surface area contributed by atoms with Crippen molar-refractivity contribution in [3.8, 4) is 0 Å². The van der Waals surface area contributed by atoms with Gasteiger partial charge in [0.15, 0.2) is 0 Å². The molecule has 2 rings (SSSR count). The summed E-state index contributed by atoms with van der Waals surface area (Å²) >= 11 is 0. The lowest BCUT2D eigenvalue weighted by Crippen LogP contribution is -2.58. The highest BCUT2D eigenvalue weighted by Gasteiger charge is 2.43. The van der Waals surface area contributed by atoms with Gasteiger partial charge in [0.05, 0.1) is 0 Å². The number of hydrogen-bond acceptors (Lipinski definition) is 6. The smallest absolute Gasteiger partial charge is 0.413 e. The predicted octanol–water partition coefficient (Wildman–Crippen LogP) is 2.25. The van der Waals surface area contributed by atoms with Gasteiger partial charge in [0.25, 0.3) is 0 Å². The van der Waals surface area contributed by atoms with Crippen LogP contribution in [0.15, 0.2) is 48.5 Å². The Morgan fingerprint density at radius 2 is 0.794 bits per heavy atom. The van der Waals surface area contributed by atoms with Crippen LogP contribution in [0.25, 0.3) is 12.2 Å². The van der Waals surface area contributed by atoms with Crippen molar-refractivity contribution in [3.05, 3.63) is 59.7 Å². The summed E-state index contributed by atoms with van der Waals surface area (Å²) in [6.07, 6.45) is 4.18. The zero-order chi connectivity index (χ0) is 24.9. The average molecular weight is 589 g/mol. The lowest BCUT2D eigenvalue weighted by atomic mass is 10.1. The van der Waals surface area contributed by atoms with E-state index in [1.807, 2.05) is 63.5 Å². The molecule has 0 atom stereocenters. The van der Waals surface area contributed by atoms with E-state index in [1.54, 1.807) is 0 Å². The molecule has 0 aliphatic carbocycles. The molecule has 176 valence electrons. The molecule has 0 unspecified atom stereocenters. The first-order valence-corrected chi connectivity index (χ1v) is 22.4. The number of rotatable bonds is 16. The van der Waals surface area contributed by atoms with Crippen LogP contribution in [0.5, 0.6) is 0 Å². The monoisotopic (exact) mass is 588 g/mol. The molecule has 0 amide bonds. The van der Waals surface area contributed by atoms with Gasteiger partial charge >= 0.3 is 17.6 Å². The first kappa shape index (κ1) is 29.9. The summed E-state index contributed by atoms with van der Waals surface area (Å²) in [5, 5.41) is 1.97. The normalized spacial score (nSPS) is 12.5. The summed E-state index contributed by atoms with van der Waals surface area (Å²) in [6, 6.07) is 16.5. The molecular weight excluding hydrogens is 561 g/mol. The van der Waals surface area contributed by atoms with Gasteiger partial charge < -0.3 is 24.7 Å². The van der Waals surface area contributed by atoms with E-state index in [0.717, 1.165) is 21.5 Å².